The summed E-state index contributed by atoms with van der Waals surface area (Å²) < 4.78 is 7.25. The van der Waals surface area contributed by atoms with Crippen LogP contribution in [0.1, 0.15) is 5.69 Å². The molecule has 0 aliphatic carbocycles. The summed E-state index contributed by atoms with van der Waals surface area (Å²) in [5.74, 6) is 1.22. The van der Waals surface area contributed by atoms with Gasteiger partial charge in [0.1, 0.15) is 5.75 Å². The Morgan fingerprint density at radius 1 is 1.28 bits per heavy atom. The Morgan fingerprint density at radius 2 is 2.16 bits per heavy atom. The second kappa shape index (κ2) is 6.19. The van der Waals surface area contributed by atoms with Gasteiger partial charge in [0.2, 0.25) is 0 Å². The molecule has 0 radical (unpaired) electrons. The molecule has 0 fully saturated rings. The van der Waals surface area contributed by atoms with Gasteiger partial charge in [0.25, 0.3) is 0 Å². The number of rotatable bonds is 4. The number of aromatic nitrogens is 5. The van der Waals surface area contributed by atoms with Crippen LogP contribution in [0.15, 0.2) is 42.9 Å². The predicted molar refractivity (Wildman–Crippen MR) is 93.9 cm³/mol. The second-order valence-electron chi connectivity index (χ2n) is 5.44. The van der Waals surface area contributed by atoms with Crippen molar-refractivity contribution in [1.29, 1.82) is 0 Å². The summed E-state index contributed by atoms with van der Waals surface area (Å²) in [6, 6.07) is 7.26. The lowest BCUT2D eigenvalue weighted by molar-refractivity contribution is 0.275. The quantitative estimate of drug-likeness (QED) is 0.587. The van der Waals surface area contributed by atoms with E-state index >= 15 is 0 Å². The van der Waals surface area contributed by atoms with E-state index in [1.54, 1.807) is 25.4 Å². The van der Waals surface area contributed by atoms with E-state index in [-0.39, 0.29) is 6.61 Å². The zero-order valence-corrected chi connectivity index (χ0v) is 14.0. The summed E-state index contributed by atoms with van der Waals surface area (Å²) in [5, 5.41) is 25.7. The lowest BCUT2D eigenvalue weighted by Crippen LogP contribution is -2.00. The third kappa shape index (κ3) is 2.63. The van der Waals surface area contributed by atoms with Gasteiger partial charge in [-0.3, -0.25) is 9.67 Å². The van der Waals surface area contributed by atoms with Gasteiger partial charge in [0, 0.05) is 28.9 Å². The fraction of sp³-hybridized carbons (Fsp3) is 0.118. The van der Waals surface area contributed by atoms with Crippen LogP contribution in [0.3, 0.4) is 0 Å². The predicted octanol–water partition coefficient (Wildman–Crippen LogP) is 2.96. The van der Waals surface area contributed by atoms with Crippen LogP contribution in [0.25, 0.3) is 27.8 Å². The van der Waals surface area contributed by atoms with Crippen molar-refractivity contribution in [2.45, 2.75) is 6.61 Å². The molecule has 7 nitrogen and oxygen atoms in total. The Hall–Kier alpha value is -2.90. The highest BCUT2D eigenvalue weighted by Crippen LogP contribution is 2.37. The molecular weight excluding hydrogens is 342 g/mol. The molecule has 0 saturated carbocycles. The number of ether oxygens (including phenoxy) is 1. The molecule has 1 aromatic carbocycles. The Morgan fingerprint density at radius 3 is 2.80 bits per heavy atom. The maximum absolute atomic E-state index is 9.14. The van der Waals surface area contributed by atoms with Crippen LogP contribution in [0.5, 0.6) is 5.75 Å². The van der Waals surface area contributed by atoms with Crippen molar-refractivity contribution in [3.8, 4) is 22.7 Å². The third-order valence-electron chi connectivity index (χ3n) is 4.00. The molecular formula is C17H14ClN5O2. The van der Waals surface area contributed by atoms with Crippen LogP contribution in [0.2, 0.25) is 5.02 Å². The SMILES string of the molecule is COc1cc2c(-c3cn[nH]c3)cn(-c3ccc(CO)nn3)c2cc1Cl. The minimum absolute atomic E-state index is 0.150. The third-order valence-corrected chi connectivity index (χ3v) is 4.30. The van der Waals surface area contributed by atoms with Crippen molar-refractivity contribution >= 4 is 22.5 Å². The summed E-state index contributed by atoms with van der Waals surface area (Å²) in [6.45, 7) is -0.150. The van der Waals surface area contributed by atoms with Crippen molar-refractivity contribution in [2.24, 2.45) is 0 Å². The Bertz CT molecular complexity index is 1030. The van der Waals surface area contributed by atoms with Gasteiger partial charge in [-0.25, -0.2) is 0 Å². The number of hydrogen-bond donors (Lipinski definition) is 2. The van der Waals surface area contributed by atoms with Gasteiger partial charge < -0.3 is 9.84 Å². The molecule has 0 spiro atoms. The van der Waals surface area contributed by atoms with Crippen molar-refractivity contribution in [2.75, 3.05) is 7.11 Å². The molecule has 126 valence electrons. The highest BCUT2D eigenvalue weighted by Gasteiger charge is 2.16. The first-order valence-electron chi connectivity index (χ1n) is 7.53. The molecule has 25 heavy (non-hydrogen) atoms. The number of aliphatic hydroxyl groups is 1. The number of aliphatic hydroxyl groups excluding tert-OH is 1. The average molecular weight is 356 g/mol. The van der Waals surface area contributed by atoms with E-state index in [9.17, 15) is 0 Å². The molecule has 4 rings (SSSR count). The van der Waals surface area contributed by atoms with Crippen LogP contribution in [0.4, 0.5) is 0 Å². The van der Waals surface area contributed by atoms with Crippen LogP contribution >= 0.6 is 11.6 Å². The first-order chi connectivity index (χ1) is 12.2. The van der Waals surface area contributed by atoms with Gasteiger partial charge in [0.15, 0.2) is 5.82 Å². The molecule has 8 heteroatoms. The molecule has 0 saturated heterocycles. The van der Waals surface area contributed by atoms with E-state index in [1.165, 1.54) is 0 Å². The summed E-state index contributed by atoms with van der Waals surface area (Å²) >= 11 is 6.32. The number of halogens is 1. The van der Waals surface area contributed by atoms with Crippen LogP contribution < -0.4 is 4.74 Å². The van der Waals surface area contributed by atoms with E-state index in [2.05, 4.69) is 20.4 Å². The lowest BCUT2D eigenvalue weighted by atomic mass is 10.1. The molecule has 2 N–H and O–H groups in total. The average Bonchev–Trinajstić information content (AvgIpc) is 3.28. The lowest BCUT2D eigenvalue weighted by Gasteiger charge is -2.07. The van der Waals surface area contributed by atoms with E-state index in [1.807, 2.05) is 29.1 Å². The Labute approximate surface area is 147 Å². The minimum Gasteiger partial charge on any atom is -0.495 e. The Kier molecular flexibility index (Phi) is 3.87. The number of methoxy groups -OCH3 is 1. The molecule has 3 aromatic heterocycles. The molecule has 0 atom stereocenters. The standard InChI is InChI=1S/C17H14ClN5O2/c1-25-16-4-12-13(10-6-19-20-7-10)8-23(15(12)5-14(16)18)17-3-2-11(9-24)21-22-17/h2-8,24H,9H2,1H3,(H,19,20). The van der Waals surface area contributed by atoms with Crippen LogP contribution in [-0.4, -0.2) is 37.2 Å². The topological polar surface area (TPSA) is 88.8 Å². The second-order valence-corrected chi connectivity index (χ2v) is 5.85. The number of fused-ring (bicyclic) bond motifs is 1. The highest BCUT2D eigenvalue weighted by atomic mass is 35.5. The van der Waals surface area contributed by atoms with Crippen molar-refractivity contribution in [3.63, 3.8) is 0 Å². The van der Waals surface area contributed by atoms with Gasteiger partial charge in [-0.15, -0.1) is 5.10 Å². The molecule has 4 aromatic rings. The maximum Gasteiger partial charge on any atom is 0.159 e. The van der Waals surface area contributed by atoms with E-state index in [0.29, 0.717) is 22.3 Å². The molecule has 0 aliphatic heterocycles. The fourth-order valence-corrected chi connectivity index (χ4v) is 3.00. The number of nitrogens with one attached hydrogen (secondary N) is 1. The summed E-state index contributed by atoms with van der Waals surface area (Å²) in [6.07, 6.45) is 5.52. The first-order valence-corrected chi connectivity index (χ1v) is 7.90. The van der Waals surface area contributed by atoms with E-state index < -0.39 is 0 Å². The monoisotopic (exact) mass is 355 g/mol. The minimum atomic E-state index is -0.150. The molecule has 0 aliphatic rings. The van der Waals surface area contributed by atoms with Gasteiger partial charge in [-0.1, -0.05) is 11.6 Å². The smallest absolute Gasteiger partial charge is 0.159 e. The molecule has 3 heterocycles. The number of hydrogen-bond acceptors (Lipinski definition) is 5. The zero-order chi connectivity index (χ0) is 17.4. The van der Waals surface area contributed by atoms with Gasteiger partial charge in [-0.05, 0) is 24.3 Å². The summed E-state index contributed by atoms with van der Waals surface area (Å²) in [4.78, 5) is 0. The first kappa shape index (κ1) is 15.6. The summed E-state index contributed by atoms with van der Waals surface area (Å²) in [5.41, 5.74) is 3.28. The van der Waals surface area contributed by atoms with Crippen molar-refractivity contribution in [3.05, 3.63) is 53.6 Å². The number of nitrogens with zero attached hydrogens (tertiary/aromatic N) is 4. The van der Waals surface area contributed by atoms with Gasteiger partial charge >= 0.3 is 0 Å². The van der Waals surface area contributed by atoms with E-state index in [4.69, 9.17) is 21.4 Å². The summed E-state index contributed by atoms with van der Waals surface area (Å²) in [7, 11) is 1.58. The van der Waals surface area contributed by atoms with Crippen molar-refractivity contribution in [1.82, 2.24) is 25.0 Å². The van der Waals surface area contributed by atoms with Gasteiger partial charge in [-0.2, -0.15) is 10.2 Å². The largest absolute Gasteiger partial charge is 0.495 e. The number of aromatic amines is 1. The van der Waals surface area contributed by atoms with Crippen LogP contribution in [0, 0.1) is 0 Å². The molecule has 0 unspecified atom stereocenters. The fourth-order valence-electron chi connectivity index (χ4n) is 2.77. The van der Waals surface area contributed by atoms with Crippen LogP contribution in [-0.2, 0) is 6.61 Å². The van der Waals surface area contributed by atoms with Crippen molar-refractivity contribution < 1.29 is 9.84 Å². The number of H-pyrrole nitrogens is 1. The van der Waals surface area contributed by atoms with Gasteiger partial charge in [0.05, 0.1) is 36.1 Å². The maximum atomic E-state index is 9.14. The Balaban J connectivity index is 1.99. The zero-order valence-electron chi connectivity index (χ0n) is 13.3. The normalized spacial score (nSPS) is 11.2. The molecule has 0 amide bonds. The molecule has 0 bridgehead atoms. The number of benzene rings is 1. The van der Waals surface area contributed by atoms with E-state index in [0.717, 1.165) is 22.0 Å². The highest BCUT2D eigenvalue weighted by molar-refractivity contribution is 6.33.